The number of halogens is 1. The first kappa shape index (κ1) is 16.2. The molecule has 21 heavy (non-hydrogen) atoms. The number of rotatable bonds is 8. The molecule has 1 atom stereocenters. The molecule has 0 aliphatic rings. The first-order valence-electron chi connectivity index (χ1n) is 7.50. The molecule has 0 amide bonds. The molecule has 0 saturated heterocycles. The summed E-state index contributed by atoms with van der Waals surface area (Å²) in [7, 11) is 0. The Bertz CT molecular complexity index is 539. The van der Waals surface area contributed by atoms with E-state index in [9.17, 15) is 0 Å². The molecule has 1 unspecified atom stereocenters. The quantitative estimate of drug-likeness (QED) is 0.786. The Morgan fingerprint density at radius 2 is 2.00 bits per heavy atom. The zero-order chi connectivity index (χ0) is 15.1. The van der Waals surface area contributed by atoms with E-state index in [1.165, 1.54) is 5.56 Å². The standard InChI is InChI=1S/C16H22BrN3O/c1-3-9-18-14(4-2)11-16-19-15(20-21-16)10-12-5-7-13(17)8-6-12/h5-8,14,18H,3-4,9-11H2,1-2H3. The van der Waals surface area contributed by atoms with Gasteiger partial charge in [-0.05, 0) is 37.1 Å². The van der Waals surface area contributed by atoms with E-state index in [1.807, 2.05) is 12.1 Å². The van der Waals surface area contributed by atoms with Crippen molar-refractivity contribution in [2.75, 3.05) is 6.54 Å². The van der Waals surface area contributed by atoms with E-state index >= 15 is 0 Å². The summed E-state index contributed by atoms with van der Waals surface area (Å²) in [6.45, 7) is 5.37. The molecule has 0 aliphatic carbocycles. The molecule has 0 spiro atoms. The number of nitrogens with zero attached hydrogens (tertiary/aromatic N) is 2. The molecule has 0 aliphatic heterocycles. The Morgan fingerprint density at radius 3 is 2.67 bits per heavy atom. The molecule has 0 radical (unpaired) electrons. The van der Waals surface area contributed by atoms with Crippen molar-refractivity contribution in [2.24, 2.45) is 0 Å². The van der Waals surface area contributed by atoms with Crippen molar-refractivity contribution in [1.29, 1.82) is 0 Å². The van der Waals surface area contributed by atoms with Crippen molar-refractivity contribution in [1.82, 2.24) is 15.5 Å². The number of nitrogens with one attached hydrogen (secondary N) is 1. The van der Waals surface area contributed by atoms with Gasteiger partial charge in [0, 0.05) is 23.4 Å². The van der Waals surface area contributed by atoms with Crippen LogP contribution < -0.4 is 5.32 Å². The SMILES string of the molecule is CCCNC(CC)Cc1nc(Cc2ccc(Br)cc2)no1. The Balaban J connectivity index is 1.92. The number of benzene rings is 1. The summed E-state index contributed by atoms with van der Waals surface area (Å²) in [4.78, 5) is 4.49. The Morgan fingerprint density at radius 1 is 1.24 bits per heavy atom. The summed E-state index contributed by atoms with van der Waals surface area (Å²) in [6, 6.07) is 8.59. The van der Waals surface area contributed by atoms with Crippen LogP contribution in [0.15, 0.2) is 33.3 Å². The van der Waals surface area contributed by atoms with Crippen molar-refractivity contribution < 1.29 is 4.52 Å². The fraction of sp³-hybridized carbons (Fsp3) is 0.500. The van der Waals surface area contributed by atoms with Crippen molar-refractivity contribution in [3.8, 4) is 0 Å². The molecular weight excluding hydrogens is 330 g/mol. The number of aromatic nitrogens is 2. The highest BCUT2D eigenvalue weighted by Gasteiger charge is 2.12. The summed E-state index contributed by atoms with van der Waals surface area (Å²) in [6.07, 6.45) is 3.69. The third kappa shape index (κ3) is 5.25. The van der Waals surface area contributed by atoms with Crippen LogP contribution in [-0.4, -0.2) is 22.7 Å². The van der Waals surface area contributed by atoms with Gasteiger partial charge in [-0.3, -0.25) is 0 Å². The zero-order valence-corrected chi connectivity index (χ0v) is 14.2. The fourth-order valence-electron chi connectivity index (χ4n) is 2.15. The second-order valence-electron chi connectivity index (χ2n) is 5.17. The van der Waals surface area contributed by atoms with Gasteiger partial charge in [0.1, 0.15) is 0 Å². The van der Waals surface area contributed by atoms with Gasteiger partial charge in [0.15, 0.2) is 5.82 Å². The van der Waals surface area contributed by atoms with Crippen LogP contribution in [0.25, 0.3) is 0 Å². The van der Waals surface area contributed by atoms with Crippen molar-refractivity contribution >= 4 is 15.9 Å². The van der Waals surface area contributed by atoms with Gasteiger partial charge in [0.25, 0.3) is 0 Å². The van der Waals surface area contributed by atoms with E-state index < -0.39 is 0 Å². The highest BCUT2D eigenvalue weighted by atomic mass is 79.9. The van der Waals surface area contributed by atoms with Crippen LogP contribution in [0.1, 0.15) is 44.0 Å². The number of hydrogen-bond donors (Lipinski definition) is 1. The summed E-state index contributed by atoms with van der Waals surface area (Å²) >= 11 is 3.43. The predicted molar refractivity (Wildman–Crippen MR) is 87.3 cm³/mol. The topological polar surface area (TPSA) is 51.0 Å². The Labute approximate surface area is 134 Å². The van der Waals surface area contributed by atoms with Crippen molar-refractivity contribution in [3.05, 3.63) is 46.0 Å². The Kier molecular flexibility index (Phi) is 6.39. The lowest BCUT2D eigenvalue weighted by Crippen LogP contribution is -2.31. The van der Waals surface area contributed by atoms with Gasteiger partial charge in [-0.2, -0.15) is 4.98 Å². The van der Waals surface area contributed by atoms with Crippen molar-refractivity contribution in [3.63, 3.8) is 0 Å². The first-order valence-corrected chi connectivity index (χ1v) is 8.29. The molecule has 0 bridgehead atoms. The average molecular weight is 352 g/mol. The molecule has 114 valence electrons. The third-order valence-electron chi connectivity index (χ3n) is 3.38. The molecule has 1 heterocycles. The van der Waals surface area contributed by atoms with Gasteiger partial charge < -0.3 is 9.84 Å². The lowest BCUT2D eigenvalue weighted by molar-refractivity contribution is 0.350. The summed E-state index contributed by atoms with van der Waals surface area (Å²) in [5.74, 6) is 1.47. The Hall–Kier alpha value is -1.20. The second-order valence-corrected chi connectivity index (χ2v) is 6.09. The van der Waals surface area contributed by atoms with Gasteiger partial charge in [-0.25, -0.2) is 0 Å². The van der Waals surface area contributed by atoms with Crippen molar-refractivity contribution in [2.45, 2.75) is 45.6 Å². The molecule has 5 heteroatoms. The lowest BCUT2D eigenvalue weighted by atomic mass is 10.1. The predicted octanol–water partition coefficient (Wildman–Crippen LogP) is 3.74. The minimum Gasteiger partial charge on any atom is -0.339 e. The summed E-state index contributed by atoms with van der Waals surface area (Å²) < 4.78 is 6.44. The van der Waals surface area contributed by atoms with Gasteiger partial charge in [-0.1, -0.05) is 47.1 Å². The molecule has 0 saturated carbocycles. The maximum absolute atomic E-state index is 5.36. The number of hydrogen-bond acceptors (Lipinski definition) is 4. The van der Waals surface area contributed by atoms with E-state index in [-0.39, 0.29) is 0 Å². The minimum absolute atomic E-state index is 0.408. The molecule has 1 aromatic heterocycles. The van der Waals surface area contributed by atoms with Crippen LogP contribution in [0.2, 0.25) is 0 Å². The maximum atomic E-state index is 5.36. The molecule has 2 aromatic rings. The van der Waals surface area contributed by atoms with Crippen LogP contribution in [0, 0.1) is 0 Å². The van der Waals surface area contributed by atoms with E-state index in [0.717, 1.165) is 42.0 Å². The van der Waals surface area contributed by atoms with Crippen LogP contribution in [0.5, 0.6) is 0 Å². The van der Waals surface area contributed by atoms with E-state index in [4.69, 9.17) is 4.52 Å². The smallest absolute Gasteiger partial charge is 0.228 e. The zero-order valence-electron chi connectivity index (χ0n) is 12.6. The highest BCUT2D eigenvalue weighted by molar-refractivity contribution is 9.10. The van der Waals surface area contributed by atoms with Crippen LogP contribution in [0.3, 0.4) is 0 Å². The third-order valence-corrected chi connectivity index (χ3v) is 3.91. The van der Waals surface area contributed by atoms with Gasteiger partial charge in [0.05, 0.1) is 0 Å². The van der Waals surface area contributed by atoms with E-state index in [0.29, 0.717) is 12.5 Å². The molecule has 2 rings (SSSR count). The monoisotopic (exact) mass is 351 g/mol. The average Bonchev–Trinajstić information content (AvgIpc) is 2.93. The lowest BCUT2D eigenvalue weighted by Gasteiger charge is -2.13. The van der Waals surface area contributed by atoms with Crippen LogP contribution in [0.4, 0.5) is 0 Å². The highest BCUT2D eigenvalue weighted by Crippen LogP contribution is 2.13. The summed E-state index contributed by atoms with van der Waals surface area (Å²) in [5, 5.41) is 7.58. The fourth-order valence-corrected chi connectivity index (χ4v) is 2.41. The van der Waals surface area contributed by atoms with Crippen LogP contribution in [-0.2, 0) is 12.8 Å². The summed E-state index contributed by atoms with van der Waals surface area (Å²) in [5.41, 5.74) is 1.18. The van der Waals surface area contributed by atoms with Crippen LogP contribution >= 0.6 is 15.9 Å². The van der Waals surface area contributed by atoms with Gasteiger partial charge in [-0.15, -0.1) is 0 Å². The maximum Gasteiger partial charge on any atom is 0.228 e. The second kappa shape index (κ2) is 8.29. The molecular formula is C16H22BrN3O. The minimum atomic E-state index is 0.408. The molecule has 0 fully saturated rings. The first-order chi connectivity index (χ1) is 10.2. The van der Waals surface area contributed by atoms with E-state index in [2.05, 4.69) is 57.4 Å². The largest absolute Gasteiger partial charge is 0.339 e. The van der Waals surface area contributed by atoms with Gasteiger partial charge in [0.2, 0.25) is 5.89 Å². The molecule has 4 nitrogen and oxygen atoms in total. The molecule has 1 aromatic carbocycles. The van der Waals surface area contributed by atoms with Gasteiger partial charge >= 0.3 is 0 Å². The molecule has 1 N–H and O–H groups in total. The van der Waals surface area contributed by atoms with E-state index in [1.54, 1.807) is 0 Å². The normalized spacial score (nSPS) is 12.5.